The molecule has 2 heterocycles. The average molecular weight is 549 g/mol. The molecule has 2 aliphatic heterocycles. The van der Waals surface area contributed by atoms with E-state index >= 15 is 0 Å². The van der Waals surface area contributed by atoms with Crippen LogP contribution in [0.1, 0.15) is 24.8 Å². The number of carbonyl (C=O) groups excluding carboxylic acids is 1. The number of piperidine rings is 1. The summed E-state index contributed by atoms with van der Waals surface area (Å²) in [6.45, 7) is 0.680. The standard InChI is InChI=1S/C28H25BrN2O3S/c1-33-24-17-19(21(29)18-25(24)34-2)14-15-20-9-7-8-16-30(20)28(32)31-22-10-3-5-12-26(22)35-27-13-6-4-11-23(27)31/h3-6,10-13,17-18,20H,7-9,16H2,1-2H3/t20-/m1/s1. The van der Waals surface area contributed by atoms with Gasteiger partial charge < -0.3 is 14.4 Å². The van der Waals surface area contributed by atoms with Gasteiger partial charge in [0.2, 0.25) is 0 Å². The van der Waals surface area contributed by atoms with E-state index < -0.39 is 0 Å². The molecule has 3 aromatic carbocycles. The van der Waals surface area contributed by atoms with Crippen molar-refractivity contribution in [2.75, 3.05) is 25.7 Å². The molecule has 178 valence electrons. The highest BCUT2D eigenvalue weighted by molar-refractivity contribution is 9.10. The summed E-state index contributed by atoms with van der Waals surface area (Å²) in [7, 11) is 3.22. The molecular formula is C28H25BrN2O3S. The molecule has 1 atom stereocenters. The SMILES string of the molecule is COc1cc(Br)c(C#C[C@H]2CCCCN2C(=O)N2c3ccccc3Sc3ccccc32)cc1OC. The third-order valence-corrected chi connectivity index (χ3v) is 8.01. The molecule has 0 spiro atoms. The molecular weight excluding hydrogens is 524 g/mol. The maximum absolute atomic E-state index is 14.1. The lowest BCUT2D eigenvalue weighted by Gasteiger charge is -2.39. The predicted molar refractivity (Wildman–Crippen MR) is 143 cm³/mol. The van der Waals surface area contributed by atoms with Crippen molar-refractivity contribution >= 4 is 45.1 Å². The molecule has 5 nitrogen and oxygen atoms in total. The Morgan fingerprint density at radius 1 is 0.971 bits per heavy atom. The number of benzene rings is 3. The summed E-state index contributed by atoms with van der Waals surface area (Å²) in [5, 5.41) is 0. The van der Waals surface area contributed by atoms with Crippen LogP contribution in [0.4, 0.5) is 16.2 Å². The number of fused-ring (bicyclic) bond motifs is 2. The normalized spacial score (nSPS) is 16.5. The van der Waals surface area contributed by atoms with E-state index in [-0.39, 0.29) is 12.1 Å². The molecule has 0 aromatic heterocycles. The molecule has 0 N–H and O–H groups in total. The van der Waals surface area contributed by atoms with Crippen molar-refractivity contribution in [3.63, 3.8) is 0 Å². The van der Waals surface area contributed by atoms with E-state index in [1.807, 2.05) is 58.3 Å². The number of anilines is 2. The van der Waals surface area contributed by atoms with Gasteiger partial charge >= 0.3 is 6.03 Å². The van der Waals surface area contributed by atoms with E-state index in [9.17, 15) is 4.79 Å². The lowest BCUT2D eigenvalue weighted by molar-refractivity contribution is 0.179. The van der Waals surface area contributed by atoms with E-state index in [2.05, 4.69) is 39.9 Å². The first-order valence-corrected chi connectivity index (χ1v) is 13.1. The summed E-state index contributed by atoms with van der Waals surface area (Å²) in [5.41, 5.74) is 2.63. The topological polar surface area (TPSA) is 42.0 Å². The molecule has 7 heteroatoms. The van der Waals surface area contributed by atoms with Gasteiger partial charge in [-0.15, -0.1) is 0 Å². The number of amides is 2. The second kappa shape index (κ2) is 10.3. The molecule has 3 aromatic rings. The molecule has 0 bridgehead atoms. The minimum atomic E-state index is -0.176. The van der Waals surface area contributed by atoms with Crippen LogP contribution in [0, 0.1) is 11.8 Å². The summed E-state index contributed by atoms with van der Waals surface area (Å²) in [5.74, 6) is 7.93. The number of halogens is 1. The van der Waals surface area contributed by atoms with Crippen LogP contribution in [0.5, 0.6) is 11.5 Å². The Balaban J connectivity index is 1.49. The van der Waals surface area contributed by atoms with Crippen LogP contribution in [-0.4, -0.2) is 37.7 Å². The molecule has 0 radical (unpaired) electrons. The number of likely N-dealkylation sites (tertiary alicyclic amines) is 1. The lowest BCUT2D eigenvalue weighted by atomic mass is 10.0. The molecule has 1 fully saturated rings. The maximum atomic E-state index is 14.1. The van der Waals surface area contributed by atoms with Crippen molar-refractivity contribution < 1.29 is 14.3 Å². The van der Waals surface area contributed by atoms with Crippen molar-refractivity contribution in [1.82, 2.24) is 4.90 Å². The number of carbonyl (C=O) groups is 1. The van der Waals surface area contributed by atoms with Crippen LogP contribution < -0.4 is 14.4 Å². The van der Waals surface area contributed by atoms with E-state index in [0.29, 0.717) is 18.0 Å². The Labute approximate surface area is 218 Å². The monoisotopic (exact) mass is 548 g/mol. The Morgan fingerprint density at radius 3 is 2.26 bits per heavy atom. The van der Waals surface area contributed by atoms with Crippen LogP contribution in [0.3, 0.4) is 0 Å². The van der Waals surface area contributed by atoms with E-state index in [4.69, 9.17) is 9.47 Å². The highest BCUT2D eigenvalue weighted by Gasteiger charge is 2.34. The number of para-hydroxylation sites is 2. The van der Waals surface area contributed by atoms with Crippen molar-refractivity contribution in [3.05, 3.63) is 70.7 Å². The van der Waals surface area contributed by atoms with Gasteiger partial charge in [0.05, 0.1) is 31.6 Å². The van der Waals surface area contributed by atoms with Crippen LogP contribution >= 0.6 is 27.7 Å². The third kappa shape index (κ3) is 4.61. The number of rotatable bonds is 2. The first-order chi connectivity index (χ1) is 17.1. The van der Waals surface area contributed by atoms with E-state index in [0.717, 1.165) is 50.5 Å². The first kappa shape index (κ1) is 23.7. The summed E-state index contributed by atoms with van der Waals surface area (Å²) < 4.78 is 11.6. The minimum absolute atomic E-state index is 0.0319. The molecule has 35 heavy (non-hydrogen) atoms. The van der Waals surface area contributed by atoms with Crippen molar-refractivity contribution in [3.8, 4) is 23.3 Å². The molecule has 0 unspecified atom stereocenters. The van der Waals surface area contributed by atoms with Crippen LogP contribution in [-0.2, 0) is 0 Å². The van der Waals surface area contributed by atoms with E-state index in [1.54, 1.807) is 26.0 Å². The predicted octanol–water partition coefficient (Wildman–Crippen LogP) is 7.10. The highest BCUT2D eigenvalue weighted by Crippen LogP contribution is 2.48. The molecule has 0 aliphatic carbocycles. The van der Waals surface area contributed by atoms with Crippen LogP contribution in [0.15, 0.2) is 74.9 Å². The summed E-state index contributed by atoms with van der Waals surface area (Å²) in [6, 6.07) is 19.7. The molecule has 1 saturated heterocycles. The highest BCUT2D eigenvalue weighted by atomic mass is 79.9. The Bertz CT molecular complexity index is 1290. The quantitative estimate of drug-likeness (QED) is 0.320. The maximum Gasteiger partial charge on any atom is 0.330 e. The van der Waals surface area contributed by atoms with E-state index in [1.165, 1.54) is 0 Å². The molecule has 5 rings (SSSR count). The van der Waals surface area contributed by atoms with Crippen molar-refractivity contribution in [1.29, 1.82) is 0 Å². The van der Waals surface area contributed by atoms with Gasteiger partial charge in [0, 0.05) is 32.4 Å². The Hall–Kier alpha value is -3.08. The van der Waals surface area contributed by atoms with Gasteiger partial charge in [-0.25, -0.2) is 4.79 Å². The smallest absolute Gasteiger partial charge is 0.330 e. The average Bonchev–Trinajstić information content (AvgIpc) is 2.90. The largest absolute Gasteiger partial charge is 0.493 e. The number of hydrogen-bond donors (Lipinski definition) is 0. The zero-order valence-electron chi connectivity index (χ0n) is 19.6. The van der Waals surface area contributed by atoms with Gasteiger partial charge in [0.15, 0.2) is 11.5 Å². The molecule has 2 amide bonds. The van der Waals surface area contributed by atoms with Gasteiger partial charge in [-0.05, 0) is 65.5 Å². The number of ether oxygens (including phenoxy) is 2. The lowest BCUT2D eigenvalue weighted by Crippen LogP contribution is -2.49. The third-order valence-electron chi connectivity index (χ3n) is 6.22. The van der Waals surface area contributed by atoms with Gasteiger partial charge in [-0.1, -0.05) is 47.9 Å². The molecule has 0 saturated carbocycles. The van der Waals surface area contributed by atoms with Gasteiger partial charge in [-0.2, -0.15) is 0 Å². The fraction of sp³-hybridized carbons (Fsp3) is 0.250. The molecule has 2 aliphatic rings. The Kier molecular flexibility index (Phi) is 6.94. The van der Waals surface area contributed by atoms with Gasteiger partial charge in [0.25, 0.3) is 0 Å². The zero-order valence-corrected chi connectivity index (χ0v) is 22.0. The van der Waals surface area contributed by atoms with Gasteiger partial charge in [-0.3, -0.25) is 4.90 Å². The van der Waals surface area contributed by atoms with Gasteiger partial charge in [0.1, 0.15) is 0 Å². The number of methoxy groups -OCH3 is 2. The first-order valence-electron chi connectivity index (χ1n) is 11.5. The van der Waals surface area contributed by atoms with Crippen molar-refractivity contribution in [2.24, 2.45) is 0 Å². The number of nitrogens with zero attached hydrogens (tertiary/aromatic N) is 2. The summed E-state index contributed by atoms with van der Waals surface area (Å²) in [4.78, 5) is 20.0. The number of hydrogen-bond acceptors (Lipinski definition) is 4. The minimum Gasteiger partial charge on any atom is -0.493 e. The number of urea groups is 1. The fourth-order valence-electron chi connectivity index (χ4n) is 4.46. The second-order valence-corrected chi connectivity index (χ2v) is 10.3. The van der Waals surface area contributed by atoms with Crippen LogP contribution in [0.2, 0.25) is 0 Å². The zero-order chi connectivity index (χ0) is 24.4. The summed E-state index contributed by atoms with van der Waals surface area (Å²) in [6.07, 6.45) is 2.85. The second-order valence-electron chi connectivity index (χ2n) is 8.32. The van der Waals surface area contributed by atoms with Crippen LogP contribution in [0.25, 0.3) is 0 Å². The fourth-order valence-corrected chi connectivity index (χ4v) is 5.94. The Morgan fingerprint density at radius 2 is 1.60 bits per heavy atom. The van der Waals surface area contributed by atoms with Crippen molar-refractivity contribution in [2.45, 2.75) is 35.1 Å². The summed E-state index contributed by atoms with van der Waals surface area (Å²) >= 11 is 5.29.